The van der Waals surface area contributed by atoms with Gasteiger partial charge in [0.15, 0.2) is 0 Å². The summed E-state index contributed by atoms with van der Waals surface area (Å²) in [6.07, 6.45) is -4.71. The number of amides is 2. The van der Waals surface area contributed by atoms with Gasteiger partial charge in [-0.1, -0.05) is 12.1 Å². The number of nitrogens with one attached hydrogen (secondary N) is 2. The number of aromatic amines is 1. The Hall–Kier alpha value is -2.58. The van der Waals surface area contributed by atoms with Crippen molar-refractivity contribution in [1.29, 1.82) is 0 Å². The largest absolute Gasteiger partial charge is 0.406 e. The lowest BCUT2D eigenvalue weighted by atomic mass is 10.1. The second kappa shape index (κ2) is 5.56. The average molecular weight is 326 g/mol. The summed E-state index contributed by atoms with van der Waals surface area (Å²) in [4.78, 5) is 31.4. The fraction of sp³-hybridized carbons (Fsp3) is 0.357. The van der Waals surface area contributed by atoms with Crippen LogP contribution < -0.4 is 5.32 Å². The molecule has 0 unspecified atom stereocenters. The number of carbonyl (C=O) groups is 2. The topological polar surface area (TPSA) is 78.1 Å². The normalized spacial score (nSPS) is 18.7. The SMILES string of the molecule is O=C(Nc1nc2ccccc2[nH]1)[C@H]1CC(=O)N(CC(F)(F)F)C1. The molecule has 3 rings (SSSR count). The van der Waals surface area contributed by atoms with Crippen molar-refractivity contribution in [3.63, 3.8) is 0 Å². The van der Waals surface area contributed by atoms with Crippen LogP contribution in [0.15, 0.2) is 24.3 Å². The van der Waals surface area contributed by atoms with Gasteiger partial charge in [0.05, 0.1) is 17.0 Å². The van der Waals surface area contributed by atoms with Gasteiger partial charge in [0.2, 0.25) is 17.8 Å². The molecule has 1 fully saturated rings. The van der Waals surface area contributed by atoms with Crippen LogP contribution >= 0.6 is 0 Å². The maximum Gasteiger partial charge on any atom is 0.406 e. The number of H-pyrrole nitrogens is 1. The Kier molecular flexibility index (Phi) is 3.70. The molecule has 1 saturated heterocycles. The van der Waals surface area contributed by atoms with Crippen molar-refractivity contribution < 1.29 is 22.8 Å². The Labute approximate surface area is 128 Å². The van der Waals surface area contributed by atoms with Crippen molar-refractivity contribution in [1.82, 2.24) is 14.9 Å². The van der Waals surface area contributed by atoms with Gasteiger partial charge < -0.3 is 9.88 Å². The van der Waals surface area contributed by atoms with E-state index < -0.39 is 30.5 Å². The molecule has 2 aromatic rings. The van der Waals surface area contributed by atoms with E-state index in [-0.39, 0.29) is 18.9 Å². The fourth-order valence-corrected chi connectivity index (χ4v) is 2.55. The number of carbonyl (C=O) groups excluding carboxylic acids is 2. The van der Waals surface area contributed by atoms with E-state index in [1.54, 1.807) is 24.3 Å². The van der Waals surface area contributed by atoms with E-state index in [1.807, 2.05) is 0 Å². The number of anilines is 1. The van der Waals surface area contributed by atoms with Crippen LogP contribution in [0.3, 0.4) is 0 Å². The molecule has 1 aliphatic heterocycles. The molecule has 6 nitrogen and oxygen atoms in total. The maximum absolute atomic E-state index is 12.4. The van der Waals surface area contributed by atoms with Crippen LogP contribution in [0.25, 0.3) is 11.0 Å². The summed E-state index contributed by atoms with van der Waals surface area (Å²) >= 11 is 0. The number of aromatic nitrogens is 2. The lowest BCUT2D eigenvalue weighted by Crippen LogP contribution is -2.36. The van der Waals surface area contributed by atoms with E-state index in [9.17, 15) is 22.8 Å². The zero-order valence-corrected chi connectivity index (χ0v) is 11.9. The summed E-state index contributed by atoms with van der Waals surface area (Å²) in [5.41, 5.74) is 1.38. The molecule has 0 saturated carbocycles. The van der Waals surface area contributed by atoms with Gasteiger partial charge in [-0.3, -0.25) is 14.9 Å². The van der Waals surface area contributed by atoms with Crippen LogP contribution in [0.2, 0.25) is 0 Å². The highest BCUT2D eigenvalue weighted by molar-refractivity contribution is 5.97. The highest BCUT2D eigenvalue weighted by Crippen LogP contribution is 2.24. The van der Waals surface area contributed by atoms with Gasteiger partial charge >= 0.3 is 6.18 Å². The number of imidazole rings is 1. The monoisotopic (exact) mass is 326 g/mol. The van der Waals surface area contributed by atoms with E-state index in [2.05, 4.69) is 15.3 Å². The summed E-state index contributed by atoms with van der Waals surface area (Å²) in [5, 5.41) is 2.51. The molecule has 23 heavy (non-hydrogen) atoms. The summed E-state index contributed by atoms with van der Waals surface area (Å²) in [6.45, 7) is -1.58. The van der Waals surface area contributed by atoms with Crippen LogP contribution in [-0.2, 0) is 9.59 Å². The van der Waals surface area contributed by atoms with E-state index in [4.69, 9.17) is 0 Å². The molecule has 1 aromatic carbocycles. The fourth-order valence-electron chi connectivity index (χ4n) is 2.55. The van der Waals surface area contributed by atoms with Gasteiger partial charge in [-0.2, -0.15) is 13.2 Å². The number of nitrogens with zero attached hydrogens (tertiary/aromatic N) is 2. The predicted molar refractivity (Wildman–Crippen MR) is 75.5 cm³/mol. The van der Waals surface area contributed by atoms with Crippen LogP contribution in [0.1, 0.15) is 6.42 Å². The second-order valence-corrected chi connectivity index (χ2v) is 5.38. The molecule has 2 N–H and O–H groups in total. The molecule has 2 amide bonds. The minimum atomic E-state index is -4.47. The van der Waals surface area contributed by atoms with E-state index >= 15 is 0 Å². The summed E-state index contributed by atoms with van der Waals surface area (Å²) in [7, 11) is 0. The zero-order chi connectivity index (χ0) is 16.6. The van der Waals surface area contributed by atoms with Crippen molar-refractivity contribution in [2.45, 2.75) is 12.6 Å². The first kappa shape index (κ1) is 15.3. The zero-order valence-electron chi connectivity index (χ0n) is 11.9. The van der Waals surface area contributed by atoms with Crippen LogP contribution in [0.5, 0.6) is 0 Å². The molecule has 2 heterocycles. The van der Waals surface area contributed by atoms with E-state index in [0.29, 0.717) is 10.4 Å². The molecule has 0 aliphatic carbocycles. The number of alkyl halides is 3. The number of rotatable bonds is 3. The van der Waals surface area contributed by atoms with Crippen LogP contribution in [0.4, 0.5) is 19.1 Å². The lowest BCUT2D eigenvalue weighted by Gasteiger charge is -2.18. The first-order valence-corrected chi connectivity index (χ1v) is 6.92. The standard InChI is InChI=1S/C14H13F3N4O2/c15-14(16,17)7-21-6-8(5-11(21)22)12(23)20-13-18-9-3-1-2-4-10(9)19-13/h1-4,8H,5-7H2,(H2,18,19,20,23)/t8-/m0/s1. The maximum atomic E-state index is 12.4. The molecule has 1 aromatic heterocycles. The van der Waals surface area contributed by atoms with Gasteiger partial charge in [-0.15, -0.1) is 0 Å². The van der Waals surface area contributed by atoms with Gasteiger partial charge in [0, 0.05) is 13.0 Å². The lowest BCUT2D eigenvalue weighted by molar-refractivity contribution is -0.157. The van der Waals surface area contributed by atoms with Crippen molar-refractivity contribution >= 4 is 28.8 Å². The number of hydrogen-bond donors (Lipinski definition) is 2. The van der Waals surface area contributed by atoms with Crippen molar-refractivity contribution in [2.24, 2.45) is 5.92 Å². The third-order valence-electron chi connectivity index (χ3n) is 3.59. The van der Waals surface area contributed by atoms with Gasteiger partial charge in [0.1, 0.15) is 6.54 Å². The van der Waals surface area contributed by atoms with E-state index in [0.717, 1.165) is 5.52 Å². The van der Waals surface area contributed by atoms with Crippen molar-refractivity contribution in [2.75, 3.05) is 18.4 Å². The molecule has 1 aliphatic rings. The predicted octanol–water partition coefficient (Wildman–Crippen LogP) is 1.91. The Morgan fingerprint density at radius 1 is 1.39 bits per heavy atom. The third kappa shape index (κ3) is 3.43. The molecule has 122 valence electrons. The Bertz CT molecular complexity index is 723. The molecule has 0 bridgehead atoms. The first-order valence-electron chi connectivity index (χ1n) is 6.92. The van der Waals surface area contributed by atoms with Crippen LogP contribution in [0, 0.1) is 5.92 Å². The molecule has 9 heteroatoms. The minimum absolute atomic E-state index is 0.206. The molecular weight excluding hydrogens is 313 g/mol. The summed E-state index contributed by atoms with van der Waals surface area (Å²) in [6, 6.07) is 7.13. The van der Waals surface area contributed by atoms with Crippen molar-refractivity contribution in [3.8, 4) is 0 Å². The van der Waals surface area contributed by atoms with Crippen molar-refractivity contribution in [3.05, 3.63) is 24.3 Å². The summed E-state index contributed by atoms with van der Waals surface area (Å²) < 4.78 is 37.1. The third-order valence-corrected chi connectivity index (χ3v) is 3.59. The van der Waals surface area contributed by atoms with Gasteiger partial charge in [-0.05, 0) is 12.1 Å². The number of likely N-dealkylation sites (tertiary alicyclic amines) is 1. The highest BCUT2D eigenvalue weighted by Gasteiger charge is 2.40. The quantitative estimate of drug-likeness (QED) is 0.904. The van der Waals surface area contributed by atoms with Gasteiger partial charge in [0.25, 0.3) is 0 Å². The Morgan fingerprint density at radius 3 is 2.83 bits per heavy atom. The average Bonchev–Trinajstić information content (AvgIpc) is 3.00. The first-order chi connectivity index (χ1) is 10.8. The smallest absolute Gasteiger partial charge is 0.333 e. The minimum Gasteiger partial charge on any atom is -0.333 e. The Balaban J connectivity index is 1.66. The molecular formula is C14H13F3N4O2. The number of fused-ring (bicyclic) bond motifs is 1. The molecule has 1 atom stereocenters. The second-order valence-electron chi connectivity index (χ2n) is 5.38. The number of halogens is 3. The number of para-hydroxylation sites is 2. The van der Waals surface area contributed by atoms with E-state index in [1.165, 1.54) is 0 Å². The number of benzene rings is 1. The molecule has 0 radical (unpaired) electrons. The molecule has 0 spiro atoms. The number of hydrogen-bond acceptors (Lipinski definition) is 3. The van der Waals surface area contributed by atoms with Crippen LogP contribution in [-0.4, -0.2) is 45.9 Å². The Morgan fingerprint density at radius 2 is 2.13 bits per heavy atom. The highest BCUT2D eigenvalue weighted by atomic mass is 19.4. The summed E-state index contributed by atoms with van der Waals surface area (Å²) in [5.74, 6) is -1.81. The van der Waals surface area contributed by atoms with Gasteiger partial charge in [-0.25, -0.2) is 4.98 Å².